The molecule has 0 saturated carbocycles. The fourth-order valence-electron chi connectivity index (χ4n) is 3.00. The van der Waals surface area contributed by atoms with Crippen molar-refractivity contribution < 1.29 is 32.6 Å². The molecule has 1 saturated heterocycles. The number of esters is 1. The highest BCUT2D eigenvalue weighted by molar-refractivity contribution is 6.36. The summed E-state index contributed by atoms with van der Waals surface area (Å²) in [6.07, 6.45) is -0.732. The van der Waals surface area contributed by atoms with Gasteiger partial charge < -0.3 is 9.47 Å². The molecule has 6 nitrogen and oxygen atoms in total. The van der Waals surface area contributed by atoms with E-state index in [0.717, 1.165) is 23.1 Å². The molecule has 0 aliphatic carbocycles. The van der Waals surface area contributed by atoms with Gasteiger partial charge in [0.2, 0.25) is 0 Å². The summed E-state index contributed by atoms with van der Waals surface area (Å²) in [6, 6.07) is 1.93. The summed E-state index contributed by atoms with van der Waals surface area (Å²) in [7, 11) is 0. The maximum atomic E-state index is 13.6. The number of hydrogen-bond donors (Lipinski definition) is 0. The molecule has 1 heterocycles. The third-order valence-corrected chi connectivity index (χ3v) is 4.06. The van der Waals surface area contributed by atoms with Crippen LogP contribution in [0.2, 0.25) is 0 Å². The van der Waals surface area contributed by atoms with Crippen LogP contribution in [0.4, 0.5) is 13.6 Å². The van der Waals surface area contributed by atoms with Crippen LogP contribution < -0.4 is 0 Å². The van der Waals surface area contributed by atoms with Crippen molar-refractivity contribution in [2.75, 3.05) is 13.2 Å². The highest BCUT2D eigenvalue weighted by Gasteiger charge is 2.44. The first-order chi connectivity index (χ1) is 12.5. The quantitative estimate of drug-likeness (QED) is 0.590. The molecule has 0 unspecified atom stereocenters. The van der Waals surface area contributed by atoms with E-state index in [9.17, 15) is 23.2 Å². The molecule has 0 radical (unpaired) electrons. The lowest BCUT2D eigenvalue weighted by Crippen LogP contribution is -2.45. The third-order valence-electron chi connectivity index (χ3n) is 4.06. The molecule has 148 valence electrons. The summed E-state index contributed by atoms with van der Waals surface area (Å²) in [5.41, 5.74) is -0.502. The van der Waals surface area contributed by atoms with E-state index in [1.54, 1.807) is 27.7 Å². The van der Waals surface area contributed by atoms with Gasteiger partial charge in [0.1, 0.15) is 23.3 Å². The molecule has 1 aliphatic heterocycles. The van der Waals surface area contributed by atoms with Gasteiger partial charge in [0.05, 0.1) is 6.61 Å². The number of carbonyl (C=O) groups excluding carboxylic acids is 3. The predicted octanol–water partition coefficient (Wildman–Crippen LogP) is 3.19. The molecule has 8 heteroatoms. The number of amides is 1. The van der Waals surface area contributed by atoms with Gasteiger partial charge in [-0.1, -0.05) is 0 Å². The molecule has 1 aromatic rings. The number of ether oxygens (including phenoxy) is 2. The molecule has 0 bridgehead atoms. The Balaban J connectivity index is 2.31. The zero-order valence-electron chi connectivity index (χ0n) is 15.8. The first-order valence-electron chi connectivity index (χ1n) is 8.68. The van der Waals surface area contributed by atoms with E-state index in [2.05, 4.69) is 0 Å². The molecule has 1 amide bonds. The molecule has 0 aromatic heterocycles. The van der Waals surface area contributed by atoms with Crippen molar-refractivity contribution in [2.45, 2.75) is 51.7 Å². The number of carbonyl (C=O) groups is 3. The van der Waals surface area contributed by atoms with Crippen LogP contribution in [-0.2, 0) is 19.1 Å². The minimum absolute atomic E-state index is 0.00633. The molecule has 27 heavy (non-hydrogen) atoms. The second-order valence-corrected chi connectivity index (χ2v) is 7.37. The molecular formula is C19H23F2NO5. The van der Waals surface area contributed by atoms with Crippen LogP contribution in [0.25, 0.3) is 0 Å². The molecule has 1 aliphatic rings. The summed E-state index contributed by atoms with van der Waals surface area (Å²) in [5, 5.41) is 0. The summed E-state index contributed by atoms with van der Waals surface area (Å²) in [4.78, 5) is 38.0. The molecule has 2 rings (SSSR count). The average molecular weight is 383 g/mol. The standard InChI is InChI=1S/C19H23F2NO5/c1-5-26-17(24)16(23)15-8-12(11-6-13(20)9-14(21)7-11)10-22(15)18(25)27-19(2,3)4/h6-7,9,12,15H,5,8,10H2,1-4H3/t12-,15+/m1/s1. The zero-order valence-corrected chi connectivity index (χ0v) is 15.8. The van der Waals surface area contributed by atoms with Crippen molar-refractivity contribution in [3.63, 3.8) is 0 Å². The molecular weight excluding hydrogens is 360 g/mol. The van der Waals surface area contributed by atoms with Crippen LogP contribution in [0.15, 0.2) is 18.2 Å². The molecule has 0 N–H and O–H groups in total. The first kappa shape index (κ1) is 20.8. The number of nitrogens with zero attached hydrogens (tertiary/aromatic N) is 1. The van der Waals surface area contributed by atoms with Gasteiger partial charge in [-0.15, -0.1) is 0 Å². The van der Waals surface area contributed by atoms with E-state index in [-0.39, 0.29) is 19.6 Å². The van der Waals surface area contributed by atoms with Gasteiger partial charge in [-0.25, -0.2) is 18.4 Å². The molecule has 0 spiro atoms. The average Bonchev–Trinajstić information content (AvgIpc) is 2.97. The van der Waals surface area contributed by atoms with E-state index < -0.39 is 47.0 Å². The van der Waals surface area contributed by atoms with Gasteiger partial charge in [0.25, 0.3) is 5.78 Å². The normalized spacial score (nSPS) is 19.7. The van der Waals surface area contributed by atoms with E-state index in [4.69, 9.17) is 9.47 Å². The maximum absolute atomic E-state index is 13.6. The lowest BCUT2D eigenvalue weighted by Gasteiger charge is -2.27. The molecule has 2 atom stereocenters. The Morgan fingerprint density at radius 2 is 1.74 bits per heavy atom. The van der Waals surface area contributed by atoms with Gasteiger partial charge in [-0.05, 0) is 51.8 Å². The maximum Gasteiger partial charge on any atom is 0.410 e. The Hall–Kier alpha value is -2.51. The highest BCUT2D eigenvalue weighted by atomic mass is 19.1. The first-order valence-corrected chi connectivity index (χ1v) is 8.68. The smallest absolute Gasteiger partial charge is 0.410 e. The van der Waals surface area contributed by atoms with E-state index >= 15 is 0 Å². The van der Waals surface area contributed by atoms with Gasteiger partial charge in [-0.2, -0.15) is 0 Å². The van der Waals surface area contributed by atoms with E-state index in [1.807, 2.05) is 0 Å². The lowest BCUT2D eigenvalue weighted by atomic mass is 9.95. The summed E-state index contributed by atoms with van der Waals surface area (Å²) in [6.45, 7) is 6.58. The Kier molecular flexibility index (Phi) is 6.18. The number of hydrogen-bond acceptors (Lipinski definition) is 5. The van der Waals surface area contributed by atoms with Crippen LogP contribution in [-0.4, -0.2) is 47.5 Å². The topological polar surface area (TPSA) is 72.9 Å². The molecule has 1 aromatic carbocycles. The predicted molar refractivity (Wildman–Crippen MR) is 92.1 cm³/mol. The van der Waals surface area contributed by atoms with Crippen molar-refractivity contribution >= 4 is 17.8 Å². The van der Waals surface area contributed by atoms with Gasteiger partial charge in [-0.3, -0.25) is 9.69 Å². The van der Waals surface area contributed by atoms with Crippen LogP contribution >= 0.6 is 0 Å². The van der Waals surface area contributed by atoms with E-state index in [0.29, 0.717) is 5.56 Å². The van der Waals surface area contributed by atoms with Crippen LogP contribution in [0.5, 0.6) is 0 Å². The van der Waals surface area contributed by atoms with Crippen LogP contribution in [0.3, 0.4) is 0 Å². The minimum atomic E-state index is -1.12. The van der Waals surface area contributed by atoms with Crippen molar-refractivity contribution in [3.8, 4) is 0 Å². The zero-order chi connectivity index (χ0) is 20.4. The van der Waals surface area contributed by atoms with Crippen molar-refractivity contribution in [1.29, 1.82) is 0 Å². The Morgan fingerprint density at radius 3 is 2.26 bits per heavy atom. The largest absolute Gasteiger partial charge is 0.460 e. The Bertz CT molecular complexity index is 724. The Morgan fingerprint density at radius 1 is 1.15 bits per heavy atom. The fraction of sp³-hybridized carbons (Fsp3) is 0.526. The molecule has 1 fully saturated rings. The van der Waals surface area contributed by atoms with Gasteiger partial charge in [0.15, 0.2) is 0 Å². The van der Waals surface area contributed by atoms with Crippen molar-refractivity contribution in [3.05, 3.63) is 35.4 Å². The van der Waals surface area contributed by atoms with E-state index in [1.165, 1.54) is 0 Å². The SMILES string of the molecule is CCOC(=O)C(=O)[C@@H]1C[C@@H](c2cc(F)cc(F)c2)CN1C(=O)OC(C)(C)C. The van der Waals surface area contributed by atoms with Gasteiger partial charge >= 0.3 is 12.1 Å². The number of Topliss-reactive ketones (excluding diaryl/α,β-unsaturated/α-hetero) is 1. The number of rotatable bonds is 4. The lowest BCUT2D eigenvalue weighted by molar-refractivity contribution is -0.155. The summed E-state index contributed by atoms with van der Waals surface area (Å²) in [5.74, 6) is -3.97. The van der Waals surface area contributed by atoms with Crippen LogP contribution in [0.1, 0.15) is 45.6 Å². The van der Waals surface area contributed by atoms with Crippen LogP contribution in [0, 0.1) is 11.6 Å². The number of benzene rings is 1. The second kappa shape index (κ2) is 8.02. The second-order valence-electron chi connectivity index (χ2n) is 7.37. The number of likely N-dealkylation sites (tertiary alicyclic amines) is 1. The van der Waals surface area contributed by atoms with Crippen molar-refractivity contribution in [1.82, 2.24) is 4.90 Å². The monoisotopic (exact) mass is 383 g/mol. The summed E-state index contributed by atoms with van der Waals surface area (Å²) >= 11 is 0. The van der Waals surface area contributed by atoms with Crippen molar-refractivity contribution in [2.24, 2.45) is 0 Å². The highest BCUT2D eigenvalue weighted by Crippen LogP contribution is 2.34. The fourth-order valence-corrected chi connectivity index (χ4v) is 3.00. The third kappa shape index (κ3) is 5.24. The number of halogens is 2. The minimum Gasteiger partial charge on any atom is -0.460 e. The Labute approximate surface area is 156 Å². The number of ketones is 1. The summed E-state index contributed by atoms with van der Waals surface area (Å²) < 4.78 is 37.2. The van der Waals surface area contributed by atoms with Gasteiger partial charge in [0, 0.05) is 18.5 Å².